The van der Waals surface area contributed by atoms with E-state index in [0.717, 1.165) is 22.2 Å². The van der Waals surface area contributed by atoms with Crippen molar-refractivity contribution in [3.05, 3.63) is 64.8 Å². The number of rotatable bonds is 5. The zero-order chi connectivity index (χ0) is 22.1. The number of amides is 3. The van der Waals surface area contributed by atoms with Crippen LogP contribution in [0.1, 0.15) is 31.0 Å². The fourth-order valence-electron chi connectivity index (χ4n) is 3.96. The normalized spacial score (nSPS) is 15.4. The molecule has 0 saturated heterocycles. The lowest BCUT2D eigenvalue weighted by Gasteiger charge is -2.22. The van der Waals surface area contributed by atoms with Gasteiger partial charge in [-0.15, -0.1) is 0 Å². The smallest absolute Gasteiger partial charge is 0.310 e. The molecule has 0 radical (unpaired) electrons. The molecule has 3 aromatic rings. The molecule has 2 heterocycles. The van der Waals surface area contributed by atoms with E-state index in [9.17, 15) is 14.4 Å². The van der Waals surface area contributed by atoms with Crippen molar-refractivity contribution in [2.45, 2.75) is 32.4 Å². The number of para-hydroxylation sites is 1. The third-order valence-corrected chi connectivity index (χ3v) is 5.63. The Morgan fingerprint density at radius 3 is 2.71 bits per heavy atom. The molecule has 8 heteroatoms. The Morgan fingerprint density at radius 2 is 1.94 bits per heavy atom. The average molecular weight is 439 g/mol. The van der Waals surface area contributed by atoms with E-state index in [0.29, 0.717) is 17.0 Å². The van der Waals surface area contributed by atoms with Gasteiger partial charge in [-0.2, -0.15) is 0 Å². The molecule has 1 aliphatic rings. The molecule has 0 aliphatic carbocycles. The highest BCUT2D eigenvalue weighted by Gasteiger charge is 2.39. The first-order valence-electron chi connectivity index (χ1n) is 10.1. The van der Waals surface area contributed by atoms with Crippen LogP contribution in [0.4, 0.5) is 5.69 Å². The highest BCUT2D eigenvalue weighted by Crippen LogP contribution is 2.36. The molecule has 0 bridgehead atoms. The second kappa shape index (κ2) is 8.43. The summed E-state index contributed by atoms with van der Waals surface area (Å²) in [6.45, 7) is 4.09. The summed E-state index contributed by atoms with van der Waals surface area (Å²) in [7, 11) is 0. The van der Waals surface area contributed by atoms with Gasteiger partial charge in [0.15, 0.2) is 0 Å². The Morgan fingerprint density at radius 1 is 1.16 bits per heavy atom. The minimum atomic E-state index is -0.868. The van der Waals surface area contributed by atoms with Gasteiger partial charge in [-0.3, -0.25) is 14.4 Å². The number of nitrogens with one attached hydrogen (secondary N) is 3. The summed E-state index contributed by atoms with van der Waals surface area (Å²) < 4.78 is 0. The second-order valence-electron chi connectivity index (χ2n) is 7.78. The lowest BCUT2D eigenvalue weighted by molar-refractivity contribution is -0.140. The summed E-state index contributed by atoms with van der Waals surface area (Å²) in [5, 5.41) is 6.82. The summed E-state index contributed by atoms with van der Waals surface area (Å²) >= 11 is 6.06. The third-order valence-electron chi connectivity index (χ3n) is 5.40. The first kappa shape index (κ1) is 20.9. The minimum absolute atomic E-state index is 0.0611. The second-order valence-corrected chi connectivity index (χ2v) is 8.21. The zero-order valence-electron chi connectivity index (χ0n) is 17.2. The number of nitrogens with zero attached hydrogens (tertiary/aromatic N) is 1. The Hall–Kier alpha value is -3.32. The minimum Gasteiger partial charge on any atom is -0.361 e. The number of H-pyrrole nitrogens is 1. The number of halogens is 1. The van der Waals surface area contributed by atoms with Crippen LogP contribution >= 0.6 is 11.6 Å². The first-order valence-corrected chi connectivity index (χ1v) is 10.5. The molecule has 0 saturated carbocycles. The van der Waals surface area contributed by atoms with Crippen LogP contribution in [0, 0.1) is 0 Å². The maximum absolute atomic E-state index is 12.8. The number of aromatic amines is 1. The van der Waals surface area contributed by atoms with Crippen LogP contribution in [0.5, 0.6) is 0 Å². The van der Waals surface area contributed by atoms with E-state index in [1.165, 1.54) is 0 Å². The number of hydrogen-bond acceptors (Lipinski definition) is 3. The van der Waals surface area contributed by atoms with Gasteiger partial charge in [-0.1, -0.05) is 29.8 Å². The Balaban J connectivity index is 1.38. The summed E-state index contributed by atoms with van der Waals surface area (Å²) in [6, 6.07) is 11.9. The summed E-state index contributed by atoms with van der Waals surface area (Å²) in [5.74, 6) is -1.85. The van der Waals surface area contributed by atoms with Crippen LogP contribution in [0.2, 0.25) is 5.02 Å². The van der Waals surface area contributed by atoms with Gasteiger partial charge < -0.3 is 20.5 Å². The third kappa shape index (κ3) is 4.01. The number of hydrogen-bond donors (Lipinski definition) is 3. The van der Waals surface area contributed by atoms with Crippen molar-refractivity contribution in [2.75, 3.05) is 11.4 Å². The number of anilines is 1. The number of carbonyl (C=O) groups excluding carboxylic acids is 3. The van der Waals surface area contributed by atoms with Gasteiger partial charge in [0.2, 0.25) is 0 Å². The lowest BCUT2D eigenvalue weighted by atomic mass is 10.1. The van der Waals surface area contributed by atoms with Crippen molar-refractivity contribution in [1.82, 2.24) is 15.6 Å². The monoisotopic (exact) mass is 438 g/mol. The maximum atomic E-state index is 12.8. The summed E-state index contributed by atoms with van der Waals surface area (Å²) in [5.41, 5.74) is 3.39. The van der Waals surface area contributed by atoms with Crippen molar-refractivity contribution >= 4 is 45.9 Å². The van der Waals surface area contributed by atoms with E-state index < -0.39 is 17.9 Å². The molecule has 0 unspecified atom stereocenters. The molecule has 4 rings (SSSR count). The van der Waals surface area contributed by atoms with E-state index in [1.54, 1.807) is 17.0 Å². The van der Waals surface area contributed by atoms with Crippen molar-refractivity contribution in [2.24, 2.45) is 0 Å². The quantitative estimate of drug-likeness (QED) is 0.534. The van der Waals surface area contributed by atoms with E-state index in [2.05, 4.69) is 15.6 Å². The van der Waals surface area contributed by atoms with Gasteiger partial charge in [-0.25, -0.2) is 0 Å². The molecule has 31 heavy (non-hydrogen) atoms. The molecular weight excluding hydrogens is 416 g/mol. The Bertz CT molecular complexity index is 1170. The van der Waals surface area contributed by atoms with E-state index in [4.69, 9.17) is 11.6 Å². The molecule has 3 N–H and O–H groups in total. The molecule has 1 atom stereocenters. The predicted octanol–water partition coefficient (Wildman–Crippen LogP) is 3.09. The highest BCUT2D eigenvalue weighted by molar-refractivity contribution is 6.35. The van der Waals surface area contributed by atoms with Crippen LogP contribution in [-0.4, -0.2) is 35.3 Å². The van der Waals surface area contributed by atoms with E-state index >= 15 is 0 Å². The highest BCUT2D eigenvalue weighted by atomic mass is 35.5. The first-order chi connectivity index (χ1) is 14.9. The molecule has 7 nitrogen and oxygen atoms in total. The average Bonchev–Trinajstić information content (AvgIpc) is 3.26. The molecular formula is C23H23ClN4O3. The van der Waals surface area contributed by atoms with Gasteiger partial charge in [0.05, 0.1) is 0 Å². The van der Waals surface area contributed by atoms with Crippen LogP contribution in [0.25, 0.3) is 10.9 Å². The van der Waals surface area contributed by atoms with Crippen LogP contribution in [0.15, 0.2) is 48.7 Å². The number of fused-ring (bicyclic) bond motifs is 2. The molecule has 0 spiro atoms. The SMILES string of the molecule is CC(C)N1C(=O)[C@@H](NC(=O)C(=O)NCCc2c[nH]c3ccc(Cl)cc23)c2ccccc21. The fourth-order valence-corrected chi connectivity index (χ4v) is 4.13. The molecule has 1 aromatic heterocycles. The zero-order valence-corrected chi connectivity index (χ0v) is 18.0. The Kier molecular flexibility index (Phi) is 5.69. The molecule has 3 amide bonds. The van der Waals surface area contributed by atoms with Crippen molar-refractivity contribution in [3.8, 4) is 0 Å². The molecule has 2 aromatic carbocycles. The standard InChI is InChI=1S/C23H23ClN4O3/c1-13(2)28-19-6-4-3-5-16(19)20(23(28)31)27-22(30)21(29)25-10-9-14-12-26-18-8-7-15(24)11-17(14)18/h3-8,11-13,20,26H,9-10H2,1-2H3,(H,25,29)(H,27,30)/t20-/m0/s1. The lowest BCUT2D eigenvalue weighted by Crippen LogP contribution is -2.45. The van der Waals surface area contributed by atoms with Gasteiger partial charge in [0.25, 0.3) is 5.91 Å². The van der Waals surface area contributed by atoms with Crippen LogP contribution < -0.4 is 15.5 Å². The number of carbonyl (C=O) groups is 3. The number of benzene rings is 2. The van der Waals surface area contributed by atoms with Crippen molar-refractivity contribution < 1.29 is 14.4 Å². The van der Waals surface area contributed by atoms with E-state index in [-0.39, 0.29) is 18.5 Å². The number of aromatic nitrogens is 1. The molecule has 0 fully saturated rings. The van der Waals surface area contributed by atoms with Crippen LogP contribution in [0.3, 0.4) is 0 Å². The van der Waals surface area contributed by atoms with E-state index in [1.807, 2.05) is 50.4 Å². The van der Waals surface area contributed by atoms with Crippen LogP contribution in [-0.2, 0) is 20.8 Å². The van der Waals surface area contributed by atoms with Gasteiger partial charge in [0, 0.05) is 46.0 Å². The Labute approximate surface area is 184 Å². The fraction of sp³-hybridized carbons (Fsp3) is 0.261. The maximum Gasteiger partial charge on any atom is 0.310 e. The molecule has 160 valence electrons. The topological polar surface area (TPSA) is 94.3 Å². The van der Waals surface area contributed by atoms with Crippen molar-refractivity contribution in [3.63, 3.8) is 0 Å². The van der Waals surface area contributed by atoms with Gasteiger partial charge in [0.1, 0.15) is 6.04 Å². The van der Waals surface area contributed by atoms with Gasteiger partial charge >= 0.3 is 11.8 Å². The van der Waals surface area contributed by atoms with Gasteiger partial charge in [-0.05, 0) is 50.1 Å². The van der Waals surface area contributed by atoms with Crippen molar-refractivity contribution in [1.29, 1.82) is 0 Å². The molecule has 1 aliphatic heterocycles. The predicted molar refractivity (Wildman–Crippen MR) is 120 cm³/mol. The summed E-state index contributed by atoms with van der Waals surface area (Å²) in [6.07, 6.45) is 2.40. The largest absolute Gasteiger partial charge is 0.361 e. The summed E-state index contributed by atoms with van der Waals surface area (Å²) in [4.78, 5) is 42.4.